The van der Waals surface area contributed by atoms with Gasteiger partial charge in [0.05, 0.1) is 4.92 Å². The highest BCUT2D eigenvalue weighted by Crippen LogP contribution is 2.30. The molecule has 1 aliphatic heterocycles. The lowest BCUT2D eigenvalue weighted by molar-refractivity contribution is -0.384. The molecule has 0 aromatic heterocycles. The van der Waals surface area contributed by atoms with Crippen LogP contribution in [-0.4, -0.2) is 32.1 Å². The molecular weight excluding hydrogens is 292 g/mol. The molecule has 6 heteroatoms. The van der Waals surface area contributed by atoms with Gasteiger partial charge in [-0.05, 0) is 29.8 Å². The number of rotatable bonds is 4. The molecule has 1 unspecified atom stereocenters. The number of anilines is 2. The van der Waals surface area contributed by atoms with Gasteiger partial charge in [0.25, 0.3) is 5.69 Å². The van der Waals surface area contributed by atoms with Crippen molar-refractivity contribution in [2.24, 2.45) is 0 Å². The fraction of sp³-hybridized carbons (Fsp3) is 0.294. The van der Waals surface area contributed by atoms with E-state index in [2.05, 4.69) is 39.4 Å². The van der Waals surface area contributed by atoms with Gasteiger partial charge in [0.2, 0.25) is 0 Å². The van der Waals surface area contributed by atoms with Crippen LogP contribution in [0.2, 0.25) is 0 Å². The zero-order valence-electron chi connectivity index (χ0n) is 13.3. The predicted octanol–water partition coefficient (Wildman–Crippen LogP) is 2.77. The van der Waals surface area contributed by atoms with E-state index in [0.29, 0.717) is 0 Å². The summed E-state index contributed by atoms with van der Waals surface area (Å²) in [4.78, 5) is 14.9. The minimum atomic E-state index is -0.353. The van der Waals surface area contributed by atoms with Crippen LogP contribution in [0.25, 0.3) is 0 Å². The highest BCUT2D eigenvalue weighted by atomic mass is 16.6. The van der Waals surface area contributed by atoms with E-state index in [0.717, 1.165) is 30.0 Å². The molecule has 23 heavy (non-hydrogen) atoms. The summed E-state index contributed by atoms with van der Waals surface area (Å²) in [6, 6.07) is 15.2. The zero-order valence-corrected chi connectivity index (χ0v) is 13.3. The molecule has 2 aromatic rings. The molecule has 6 nitrogen and oxygen atoms in total. The summed E-state index contributed by atoms with van der Waals surface area (Å²) in [5.41, 5.74) is 3.29. The van der Waals surface area contributed by atoms with Crippen molar-refractivity contribution in [2.45, 2.75) is 6.17 Å². The lowest BCUT2D eigenvalue weighted by Gasteiger charge is -2.27. The van der Waals surface area contributed by atoms with Crippen LogP contribution in [0, 0.1) is 10.1 Å². The van der Waals surface area contributed by atoms with Crippen molar-refractivity contribution >= 4 is 17.1 Å². The summed E-state index contributed by atoms with van der Waals surface area (Å²) in [6.07, 6.45) is -0.0416. The van der Waals surface area contributed by atoms with Crippen LogP contribution in [0.5, 0.6) is 0 Å². The zero-order chi connectivity index (χ0) is 16.4. The van der Waals surface area contributed by atoms with E-state index in [4.69, 9.17) is 0 Å². The molecule has 0 bridgehead atoms. The average molecular weight is 312 g/mol. The van der Waals surface area contributed by atoms with Crippen molar-refractivity contribution in [2.75, 3.05) is 37.0 Å². The topological polar surface area (TPSA) is 61.6 Å². The number of nitrogens with one attached hydrogen (secondary N) is 1. The number of nitro groups is 1. The Bertz CT molecular complexity index is 700. The van der Waals surface area contributed by atoms with Crippen molar-refractivity contribution in [3.8, 4) is 0 Å². The van der Waals surface area contributed by atoms with Crippen LogP contribution in [0.15, 0.2) is 48.5 Å². The summed E-state index contributed by atoms with van der Waals surface area (Å²) in [5, 5.41) is 14.4. The molecule has 3 rings (SSSR count). The van der Waals surface area contributed by atoms with Gasteiger partial charge >= 0.3 is 0 Å². The van der Waals surface area contributed by atoms with Crippen molar-refractivity contribution in [3.05, 3.63) is 64.2 Å². The van der Waals surface area contributed by atoms with E-state index in [9.17, 15) is 10.1 Å². The van der Waals surface area contributed by atoms with Gasteiger partial charge < -0.3 is 9.80 Å². The van der Waals surface area contributed by atoms with Crippen molar-refractivity contribution in [1.29, 1.82) is 0 Å². The maximum absolute atomic E-state index is 11.0. The van der Waals surface area contributed by atoms with Crippen LogP contribution < -0.4 is 15.1 Å². The standard InChI is InChI=1S/C17H20N4O2/c1-19(2)14-6-8-15(9-7-14)20-11-10-18-17(20)13-4-3-5-16(12-13)21(22)23/h3-9,12,17-18H,10-11H2,1-2H3. The van der Waals surface area contributed by atoms with Gasteiger partial charge in [-0.2, -0.15) is 0 Å². The lowest BCUT2D eigenvalue weighted by atomic mass is 10.1. The van der Waals surface area contributed by atoms with E-state index in [1.54, 1.807) is 12.1 Å². The van der Waals surface area contributed by atoms with Crippen LogP contribution >= 0.6 is 0 Å². The highest BCUT2D eigenvalue weighted by molar-refractivity contribution is 5.57. The Balaban J connectivity index is 1.88. The number of non-ortho nitro benzene ring substituents is 1. The van der Waals surface area contributed by atoms with Gasteiger partial charge in [-0.3, -0.25) is 15.4 Å². The Labute approximate surface area is 135 Å². The first kappa shape index (κ1) is 15.3. The predicted molar refractivity (Wildman–Crippen MR) is 92.0 cm³/mol. The number of hydrogen-bond donors (Lipinski definition) is 1. The smallest absolute Gasteiger partial charge is 0.269 e. The molecule has 1 heterocycles. The molecular formula is C17H20N4O2. The van der Waals surface area contributed by atoms with Crippen LogP contribution in [-0.2, 0) is 0 Å². The number of hydrogen-bond acceptors (Lipinski definition) is 5. The molecule has 120 valence electrons. The molecule has 1 fully saturated rings. The third-order valence-electron chi connectivity index (χ3n) is 4.10. The Morgan fingerprint density at radius 3 is 2.61 bits per heavy atom. The highest BCUT2D eigenvalue weighted by Gasteiger charge is 2.26. The first-order chi connectivity index (χ1) is 11.1. The second kappa shape index (κ2) is 6.26. The molecule has 0 amide bonds. The normalized spacial score (nSPS) is 17.3. The lowest BCUT2D eigenvalue weighted by Crippen LogP contribution is -2.27. The third-order valence-corrected chi connectivity index (χ3v) is 4.10. The monoisotopic (exact) mass is 312 g/mol. The first-order valence-corrected chi connectivity index (χ1v) is 7.58. The Morgan fingerprint density at radius 1 is 1.22 bits per heavy atom. The number of nitrogens with zero attached hydrogens (tertiary/aromatic N) is 3. The van der Waals surface area contributed by atoms with Gasteiger partial charge in [0.1, 0.15) is 6.17 Å². The molecule has 0 spiro atoms. The van der Waals surface area contributed by atoms with Crippen LogP contribution in [0.1, 0.15) is 11.7 Å². The molecule has 1 aliphatic rings. The maximum Gasteiger partial charge on any atom is 0.269 e. The minimum absolute atomic E-state index is 0.0416. The fourth-order valence-corrected chi connectivity index (χ4v) is 2.89. The van der Waals surface area contributed by atoms with E-state index in [-0.39, 0.29) is 16.8 Å². The Morgan fingerprint density at radius 2 is 1.96 bits per heavy atom. The Hall–Kier alpha value is -2.60. The van der Waals surface area contributed by atoms with Crippen molar-refractivity contribution < 1.29 is 4.92 Å². The molecule has 1 saturated heterocycles. The second-order valence-electron chi connectivity index (χ2n) is 5.81. The molecule has 1 atom stereocenters. The fourth-order valence-electron chi connectivity index (χ4n) is 2.89. The maximum atomic E-state index is 11.0. The molecule has 0 saturated carbocycles. The van der Waals surface area contributed by atoms with Crippen molar-refractivity contribution in [1.82, 2.24) is 5.32 Å². The minimum Gasteiger partial charge on any atom is -0.378 e. The second-order valence-corrected chi connectivity index (χ2v) is 5.81. The van der Waals surface area contributed by atoms with Gasteiger partial charge in [-0.25, -0.2) is 0 Å². The number of nitro benzene ring substituents is 1. The Kier molecular flexibility index (Phi) is 4.16. The summed E-state index contributed by atoms with van der Waals surface area (Å²) in [7, 11) is 4.02. The average Bonchev–Trinajstić information content (AvgIpc) is 3.04. The summed E-state index contributed by atoms with van der Waals surface area (Å²) < 4.78 is 0. The van der Waals surface area contributed by atoms with Crippen LogP contribution in [0.3, 0.4) is 0 Å². The number of benzene rings is 2. The summed E-state index contributed by atoms with van der Waals surface area (Å²) in [5.74, 6) is 0. The first-order valence-electron chi connectivity index (χ1n) is 7.58. The van der Waals surface area contributed by atoms with Gasteiger partial charge in [0, 0.05) is 50.7 Å². The molecule has 1 N–H and O–H groups in total. The molecule has 0 aliphatic carbocycles. The van der Waals surface area contributed by atoms with E-state index < -0.39 is 0 Å². The van der Waals surface area contributed by atoms with Gasteiger partial charge in [-0.15, -0.1) is 0 Å². The molecule has 0 radical (unpaired) electrons. The van der Waals surface area contributed by atoms with E-state index in [1.807, 2.05) is 20.2 Å². The third kappa shape index (κ3) is 3.12. The summed E-state index contributed by atoms with van der Waals surface area (Å²) >= 11 is 0. The van der Waals surface area contributed by atoms with Crippen LogP contribution in [0.4, 0.5) is 17.1 Å². The van der Waals surface area contributed by atoms with Crippen molar-refractivity contribution in [3.63, 3.8) is 0 Å². The van der Waals surface area contributed by atoms with E-state index in [1.165, 1.54) is 6.07 Å². The summed E-state index contributed by atoms with van der Waals surface area (Å²) in [6.45, 7) is 1.72. The van der Waals surface area contributed by atoms with Gasteiger partial charge in [0.15, 0.2) is 0 Å². The molecule has 2 aromatic carbocycles. The quantitative estimate of drug-likeness (QED) is 0.695. The SMILES string of the molecule is CN(C)c1ccc(N2CCNC2c2cccc([N+](=O)[O-])c2)cc1. The van der Waals surface area contributed by atoms with Gasteiger partial charge in [-0.1, -0.05) is 12.1 Å². The largest absolute Gasteiger partial charge is 0.378 e. The van der Waals surface area contributed by atoms with E-state index >= 15 is 0 Å².